The summed E-state index contributed by atoms with van der Waals surface area (Å²) in [5.74, 6) is 0.520. The Morgan fingerprint density at radius 1 is 1.30 bits per heavy atom. The molecule has 1 aliphatic carbocycles. The number of nitrogens with zero attached hydrogens (tertiary/aromatic N) is 1. The monoisotopic (exact) mass is 435 g/mol. The van der Waals surface area contributed by atoms with E-state index in [1.165, 1.54) is 18.9 Å². The summed E-state index contributed by atoms with van der Waals surface area (Å²) in [6, 6.07) is 6.78. The third-order valence-electron chi connectivity index (χ3n) is 4.20. The SMILES string of the molecule is CCOCCC1(CNC(=NC)NCc2ccccc2F)CC1.I. The second-order valence-electron chi connectivity index (χ2n) is 5.82. The molecular formula is C17H27FIN3O. The number of nitrogens with one attached hydrogen (secondary N) is 2. The van der Waals surface area contributed by atoms with Crippen LogP contribution >= 0.6 is 24.0 Å². The van der Waals surface area contributed by atoms with E-state index in [-0.39, 0.29) is 29.8 Å². The van der Waals surface area contributed by atoms with Gasteiger partial charge in [0.15, 0.2) is 5.96 Å². The van der Waals surface area contributed by atoms with Crippen LogP contribution in [0.5, 0.6) is 0 Å². The van der Waals surface area contributed by atoms with Crippen LogP contribution in [0.1, 0.15) is 31.7 Å². The molecule has 0 aromatic heterocycles. The molecule has 1 fully saturated rings. The highest BCUT2D eigenvalue weighted by atomic mass is 127. The Hall–Kier alpha value is -0.890. The zero-order valence-corrected chi connectivity index (χ0v) is 16.2. The largest absolute Gasteiger partial charge is 0.382 e. The molecule has 0 spiro atoms. The van der Waals surface area contributed by atoms with E-state index < -0.39 is 0 Å². The zero-order valence-electron chi connectivity index (χ0n) is 13.9. The number of hydrogen-bond donors (Lipinski definition) is 2. The summed E-state index contributed by atoms with van der Waals surface area (Å²) < 4.78 is 19.0. The van der Waals surface area contributed by atoms with Crippen molar-refractivity contribution >= 4 is 29.9 Å². The van der Waals surface area contributed by atoms with Crippen LogP contribution in [-0.2, 0) is 11.3 Å². The topological polar surface area (TPSA) is 45.6 Å². The third kappa shape index (κ3) is 6.63. The predicted octanol–water partition coefficient (Wildman–Crippen LogP) is 3.32. The third-order valence-corrected chi connectivity index (χ3v) is 4.20. The van der Waals surface area contributed by atoms with Crippen molar-refractivity contribution < 1.29 is 9.13 Å². The first-order chi connectivity index (χ1) is 10.7. The van der Waals surface area contributed by atoms with Crippen molar-refractivity contribution in [3.63, 3.8) is 0 Å². The lowest BCUT2D eigenvalue weighted by molar-refractivity contribution is 0.128. The smallest absolute Gasteiger partial charge is 0.191 e. The first-order valence-electron chi connectivity index (χ1n) is 7.95. The quantitative estimate of drug-likeness (QED) is 0.285. The van der Waals surface area contributed by atoms with Gasteiger partial charge in [0.05, 0.1) is 0 Å². The number of ether oxygens (including phenoxy) is 1. The Morgan fingerprint density at radius 3 is 2.65 bits per heavy atom. The van der Waals surface area contributed by atoms with E-state index in [1.54, 1.807) is 19.2 Å². The predicted molar refractivity (Wildman–Crippen MR) is 103 cm³/mol. The minimum atomic E-state index is -0.194. The number of rotatable bonds is 8. The number of guanidine groups is 1. The summed E-state index contributed by atoms with van der Waals surface area (Å²) in [6.07, 6.45) is 3.55. The Bertz CT molecular complexity index is 506. The molecule has 6 heteroatoms. The van der Waals surface area contributed by atoms with Crippen LogP contribution in [0.3, 0.4) is 0 Å². The van der Waals surface area contributed by atoms with Gasteiger partial charge in [-0.05, 0) is 37.7 Å². The number of benzene rings is 1. The maximum absolute atomic E-state index is 13.6. The van der Waals surface area contributed by atoms with Crippen LogP contribution in [0.2, 0.25) is 0 Å². The van der Waals surface area contributed by atoms with Crippen LogP contribution in [0, 0.1) is 11.2 Å². The van der Waals surface area contributed by atoms with Crippen LogP contribution in [0.15, 0.2) is 29.3 Å². The van der Waals surface area contributed by atoms with Crippen molar-refractivity contribution in [3.8, 4) is 0 Å². The van der Waals surface area contributed by atoms with E-state index in [1.807, 2.05) is 13.0 Å². The maximum Gasteiger partial charge on any atom is 0.191 e. The fourth-order valence-electron chi connectivity index (χ4n) is 2.44. The Balaban J connectivity index is 0.00000264. The lowest BCUT2D eigenvalue weighted by Gasteiger charge is -2.18. The summed E-state index contributed by atoms with van der Waals surface area (Å²) in [5.41, 5.74) is 0.994. The molecule has 0 bridgehead atoms. The first kappa shape index (κ1) is 20.2. The summed E-state index contributed by atoms with van der Waals surface area (Å²) in [6.45, 7) is 4.93. The van der Waals surface area contributed by atoms with Crippen molar-refractivity contribution in [1.29, 1.82) is 0 Å². The van der Waals surface area contributed by atoms with Crippen LogP contribution < -0.4 is 10.6 Å². The van der Waals surface area contributed by atoms with Gasteiger partial charge < -0.3 is 15.4 Å². The van der Waals surface area contributed by atoms with Gasteiger partial charge in [-0.25, -0.2) is 4.39 Å². The summed E-state index contributed by atoms with van der Waals surface area (Å²) >= 11 is 0. The van der Waals surface area contributed by atoms with Crippen molar-refractivity contribution in [2.45, 2.75) is 32.7 Å². The fourth-order valence-corrected chi connectivity index (χ4v) is 2.44. The van der Waals surface area contributed by atoms with Gasteiger partial charge in [0.2, 0.25) is 0 Å². The van der Waals surface area contributed by atoms with Gasteiger partial charge in [0.1, 0.15) is 5.82 Å². The molecule has 0 radical (unpaired) electrons. The molecule has 2 rings (SSSR count). The molecule has 1 aromatic rings. The molecule has 4 nitrogen and oxygen atoms in total. The highest BCUT2D eigenvalue weighted by Gasteiger charge is 2.41. The molecule has 1 aromatic carbocycles. The normalized spacial score (nSPS) is 15.7. The molecule has 0 amide bonds. The molecule has 1 aliphatic rings. The molecule has 2 N–H and O–H groups in total. The van der Waals surface area contributed by atoms with Crippen LogP contribution in [0.4, 0.5) is 4.39 Å². The fraction of sp³-hybridized carbons (Fsp3) is 0.588. The van der Waals surface area contributed by atoms with Gasteiger partial charge in [-0.1, -0.05) is 18.2 Å². The average Bonchev–Trinajstić information content (AvgIpc) is 3.29. The minimum Gasteiger partial charge on any atom is -0.382 e. The second kappa shape index (κ2) is 10.1. The molecule has 0 heterocycles. The summed E-state index contributed by atoms with van der Waals surface area (Å²) in [7, 11) is 1.73. The molecule has 23 heavy (non-hydrogen) atoms. The average molecular weight is 435 g/mol. The van der Waals surface area contributed by atoms with Gasteiger partial charge >= 0.3 is 0 Å². The Labute approximate surface area is 155 Å². The number of halogens is 2. The van der Waals surface area contributed by atoms with E-state index >= 15 is 0 Å². The standard InChI is InChI=1S/C17H26FN3O.HI/c1-3-22-11-10-17(8-9-17)13-21-16(19-2)20-12-14-6-4-5-7-15(14)18;/h4-7H,3,8-13H2,1-2H3,(H2,19,20,21);1H. The van der Waals surface area contributed by atoms with Crippen molar-refractivity contribution in [2.24, 2.45) is 10.4 Å². The first-order valence-corrected chi connectivity index (χ1v) is 7.95. The number of aliphatic imine (C=N–C) groups is 1. The van der Waals surface area contributed by atoms with Crippen molar-refractivity contribution in [2.75, 3.05) is 26.8 Å². The zero-order chi connectivity index (χ0) is 15.8. The van der Waals surface area contributed by atoms with Gasteiger partial charge in [-0.2, -0.15) is 0 Å². The maximum atomic E-state index is 13.6. The van der Waals surface area contributed by atoms with Gasteiger partial charge in [0.25, 0.3) is 0 Å². The van der Waals surface area contributed by atoms with Crippen LogP contribution in [0.25, 0.3) is 0 Å². The molecule has 0 aliphatic heterocycles. The van der Waals surface area contributed by atoms with Crippen molar-refractivity contribution in [3.05, 3.63) is 35.6 Å². The molecule has 130 valence electrons. The molecular weight excluding hydrogens is 408 g/mol. The van der Waals surface area contributed by atoms with Gasteiger partial charge in [-0.3, -0.25) is 4.99 Å². The molecule has 0 saturated heterocycles. The van der Waals surface area contributed by atoms with E-state index in [4.69, 9.17) is 4.74 Å². The lowest BCUT2D eigenvalue weighted by atomic mass is 10.0. The summed E-state index contributed by atoms with van der Waals surface area (Å²) in [5, 5.41) is 6.51. The summed E-state index contributed by atoms with van der Waals surface area (Å²) in [4.78, 5) is 4.20. The van der Waals surface area contributed by atoms with Gasteiger partial charge in [-0.15, -0.1) is 24.0 Å². The molecule has 1 saturated carbocycles. The van der Waals surface area contributed by atoms with Crippen LogP contribution in [-0.4, -0.2) is 32.8 Å². The van der Waals surface area contributed by atoms with E-state index in [0.29, 0.717) is 23.5 Å². The van der Waals surface area contributed by atoms with E-state index in [9.17, 15) is 4.39 Å². The molecule has 0 unspecified atom stereocenters. The highest BCUT2D eigenvalue weighted by molar-refractivity contribution is 14.0. The highest BCUT2D eigenvalue weighted by Crippen LogP contribution is 2.48. The second-order valence-corrected chi connectivity index (χ2v) is 5.82. The van der Waals surface area contributed by atoms with Gasteiger partial charge in [0, 0.05) is 38.9 Å². The van der Waals surface area contributed by atoms with E-state index in [0.717, 1.165) is 26.2 Å². The number of hydrogen-bond acceptors (Lipinski definition) is 2. The minimum absolute atomic E-state index is 0. The Kier molecular flexibility index (Phi) is 8.83. The van der Waals surface area contributed by atoms with E-state index in [2.05, 4.69) is 15.6 Å². The van der Waals surface area contributed by atoms with Crippen molar-refractivity contribution in [1.82, 2.24) is 10.6 Å². The Morgan fingerprint density at radius 2 is 2.04 bits per heavy atom. The molecule has 0 atom stereocenters. The lowest BCUT2D eigenvalue weighted by Crippen LogP contribution is -2.40.